The van der Waals surface area contributed by atoms with Gasteiger partial charge in [-0.05, 0) is 30.2 Å². The molecule has 24 heavy (non-hydrogen) atoms. The Morgan fingerprint density at radius 3 is 2.50 bits per heavy atom. The Labute approximate surface area is 137 Å². The van der Waals surface area contributed by atoms with Gasteiger partial charge in [-0.25, -0.2) is 4.79 Å². The zero-order valence-electron chi connectivity index (χ0n) is 13.0. The predicted octanol–water partition coefficient (Wildman–Crippen LogP) is 3.80. The molecule has 2 aromatic carbocycles. The van der Waals surface area contributed by atoms with Gasteiger partial charge in [0.2, 0.25) is 0 Å². The number of benzene rings is 2. The first-order chi connectivity index (χ1) is 11.6. The molecule has 0 saturated heterocycles. The van der Waals surface area contributed by atoms with Crippen molar-refractivity contribution < 1.29 is 8.83 Å². The third-order valence-electron chi connectivity index (χ3n) is 4.08. The second-order valence-electron chi connectivity index (χ2n) is 5.80. The standard InChI is InChI=1S/C20H14O4/c1-12-9-18(22)24-20-15(12)7-8-17-19(20)16(21)11-14(23-17)10-13-5-3-2-4-6-13/h2-9,11H,10H2,1H3. The molecule has 118 valence electrons. The lowest BCUT2D eigenvalue weighted by atomic mass is 10.1. The molecule has 0 amide bonds. The summed E-state index contributed by atoms with van der Waals surface area (Å²) < 4.78 is 11.2. The summed E-state index contributed by atoms with van der Waals surface area (Å²) >= 11 is 0. The van der Waals surface area contributed by atoms with Gasteiger partial charge in [0.15, 0.2) is 11.0 Å². The highest BCUT2D eigenvalue weighted by Gasteiger charge is 2.13. The molecule has 4 aromatic rings. The average Bonchev–Trinajstić information content (AvgIpc) is 2.55. The van der Waals surface area contributed by atoms with Crippen LogP contribution in [-0.4, -0.2) is 0 Å². The van der Waals surface area contributed by atoms with E-state index in [1.165, 1.54) is 12.1 Å². The van der Waals surface area contributed by atoms with Gasteiger partial charge in [0.05, 0.1) is 0 Å². The Hall–Kier alpha value is -3.14. The monoisotopic (exact) mass is 318 g/mol. The fourth-order valence-corrected chi connectivity index (χ4v) is 2.96. The van der Waals surface area contributed by atoms with Crippen LogP contribution in [0.4, 0.5) is 0 Å². The van der Waals surface area contributed by atoms with Crippen LogP contribution in [0, 0.1) is 6.92 Å². The summed E-state index contributed by atoms with van der Waals surface area (Å²) in [7, 11) is 0. The minimum absolute atomic E-state index is 0.207. The SMILES string of the molecule is Cc1cc(=O)oc2c1ccc1oc(Cc3ccccc3)cc(=O)c12. The minimum Gasteiger partial charge on any atom is -0.460 e. The fourth-order valence-electron chi connectivity index (χ4n) is 2.96. The van der Waals surface area contributed by atoms with E-state index < -0.39 is 5.63 Å². The van der Waals surface area contributed by atoms with Crippen LogP contribution < -0.4 is 11.1 Å². The molecule has 0 radical (unpaired) electrons. The lowest BCUT2D eigenvalue weighted by Crippen LogP contribution is -2.06. The van der Waals surface area contributed by atoms with Crippen LogP contribution in [0.25, 0.3) is 21.9 Å². The van der Waals surface area contributed by atoms with Gasteiger partial charge in [0.1, 0.15) is 16.7 Å². The minimum atomic E-state index is -0.472. The maximum atomic E-state index is 12.6. The molecule has 0 unspecified atom stereocenters. The van der Waals surface area contributed by atoms with Crippen LogP contribution in [0.3, 0.4) is 0 Å². The molecule has 0 aliphatic rings. The molecule has 0 fully saturated rings. The normalized spacial score (nSPS) is 11.2. The van der Waals surface area contributed by atoms with E-state index in [2.05, 4.69) is 0 Å². The Kier molecular flexibility index (Phi) is 3.31. The van der Waals surface area contributed by atoms with E-state index >= 15 is 0 Å². The van der Waals surface area contributed by atoms with Gasteiger partial charge < -0.3 is 8.83 Å². The number of hydrogen-bond donors (Lipinski definition) is 0. The third-order valence-corrected chi connectivity index (χ3v) is 4.08. The smallest absolute Gasteiger partial charge is 0.336 e. The van der Waals surface area contributed by atoms with Crippen molar-refractivity contribution in [1.82, 2.24) is 0 Å². The first kappa shape index (κ1) is 14.5. The molecule has 4 heteroatoms. The van der Waals surface area contributed by atoms with E-state index in [1.54, 1.807) is 6.07 Å². The molecular weight excluding hydrogens is 304 g/mol. The number of hydrogen-bond acceptors (Lipinski definition) is 4. The van der Waals surface area contributed by atoms with Crippen molar-refractivity contribution in [3.8, 4) is 0 Å². The van der Waals surface area contributed by atoms with E-state index in [9.17, 15) is 9.59 Å². The Morgan fingerprint density at radius 2 is 1.71 bits per heavy atom. The van der Waals surface area contributed by atoms with Crippen LogP contribution in [0.1, 0.15) is 16.9 Å². The van der Waals surface area contributed by atoms with Gasteiger partial charge >= 0.3 is 5.63 Å². The Balaban J connectivity index is 1.96. The molecule has 0 atom stereocenters. The van der Waals surface area contributed by atoms with Crippen molar-refractivity contribution in [1.29, 1.82) is 0 Å². The molecule has 0 N–H and O–H groups in total. The maximum absolute atomic E-state index is 12.6. The van der Waals surface area contributed by atoms with E-state index in [1.807, 2.05) is 43.3 Å². The molecule has 4 rings (SSSR count). The average molecular weight is 318 g/mol. The third kappa shape index (κ3) is 2.42. The van der Waals surface area contributed by atoms with Crippen LogP contribution in [0.15, 0.2) is 73.0 Å². The molecule has 0 aliphatic heterocycles. The van der Waals surface area contributed by atoms with Crippen LogP contribution >= 0.6 is 0 Å². The summed E-state index contributed by atoms with van der Waals surface area (Å²) in [5, 5.41) is 1.05. The Bertz CT molecular complexity index is 1170. The van der Waals surface area contributed by atoms with Gasteiger partial charge in [-0.1, -0.05) is 30.3 Å². The zero-order chi connectivity index (χ0) is 16.7. The summed E-state index contributed by atoms with van der Waals surface area (Å²) in [5.41, 5.74) is 1.87. The van der Waals surface area contributed by atoms with Crippen LogP contribution in [0.2, 0.25) is 0 Å². The first-order valence-corrected chi connectivity index (χ1v) is 7.66. The molecule has 4 nitrogen and oxygen atoms in total. The number of fused-ring (bicyclic) bond motifs is 3. The van der Waals surface area contributed by atoms with Crippen molar-refractivity contribution in [3.63, 3.8) is 0 Å². The van der Waals surface area contributed by atoms with Gasteiger partial charge in [0.25, 0.3) is 0 Å². The lowest BCUT2D eigenvalue weighted by Gasteiger charge is -2.06. The predicted molar refractivity (Wildman–Crippen MR) is 92.5 cm³/mol. The summed E-state index contributed by atoms with van der Waals surface area (Å²) in [5.74, 6) is 0.577. The molecule has 2 aromatic heterocycles. The van der Waals surface area contributed by atoms with Gasteiger partial charge in [-0.15, -0.1) is 0 Å². The highest BCUT2D eigenvalue weighted by molar-refractivity contribution is 6.02. The van der Waals surface area contributed by atoms with E-state index in [0.29, 0.717) is 23.2 Å². The summed E-state index contributed by atoms with van der Waals surface area (Å²) in [6.07, 6.45) is 0.530. The molecule has 0 saturated carbocycles. The van der Waals surface area contributed by atoms with E-state index in [4.69, 9.17) is 8.83 Å². The summed E-state index contributed by atoms with van der Waals surface area (Å²) in [6, 6.07) is 16.2. The first-order valence-electron chi connectivity index (χ1n) is 7.66. The van der Waals surface area contributed by atoms with E-state index in [-0.39, 0.29) is 11.0 Å². The van der Waals surface area contributed by atoms with Crippen molar-refractivity contribution in [2.45, 2.75) is 13.3 Å². The molecular formula is C20H14O4. The second-order valence-corrected chi connectivity index (χ2v) is 5.80. The van der Waals surface area contributed by atoms with E-state index in [0.717, 1.165) is 16.5 Å². The molecule has 2 heterocycles. The van der Waals surface area contributed by atoms with Crippen molar-refractivity contribution in [2.24, 2.45) is 0 Å². The van der Waals surface area contributed by atoms with Crippen molar-refractivity contribution in [2.75, 3.05) is 0 Å². The quantitative estimate of drug-likeness (QED) is 0.417. The highest BCUT2D eigenvalue weighted by Crippen LogP contribution is 2.25. The lowest BCUT2D eigenvalue weighted by molar-refractivity contribution is 0.543. The van der Waals surface area contributed by atoms with Gasteiger partial charge in [-0.3, -0.25) is 4.79 Å². The molecule has 0 spiro atoms. The van der Waals surface area contributed by atoms with Crippen molar-refractivity contribution >= 4 is 21.9 Å². The van der Waals surface area contributed by atoms with Crippen LogP contribution in [-0.2, 0) is 6.42 Å². The Morgan fingerprint density at radius 1 is 0.917 bits per heavy atom. The zero-order valence-corrected chi connectivity index (χ0v) is 13.0. The molecule has 0 bridgehead atoms. The molecule has 0 aliphatic carbocycles. The second kappa shape index (κ2) is 5.49. The summed E-state index contributed by atoms with van der Waals surface area (Å²) in [4.78, 5) is 24.3. The largest absolute Gasteiger partial charge is 0.460 e. The van der Waals surface area contributed by atoms with Crippen LogP contribution in [0.5, 0.6) is 0 Å². The van der Waals surface area contributed by atoms with Gasteiger partial charge in [0, 0.05) is 23.9 Å². The number of aryl methyl sites for hydroxylation is 1. The summed E-state index contributed by atoms with van der Waals surface area (Å²) in [6.45, 7) is 1.82. The topological polar surface area (TPSA) is 60.4 Å². The number of rotatable bonds is 2. The maximum Gasteiger partial charge on any atom is 0.336 e. The highest BCUT2D eigenvalue weighted by atomic mass is 16.4. The fraction of sp³-hybridized carbons (Fsp3) is 0.100. The van der Waals surface area contributed by atoms with Gasteiger partial charge in [-0.2, -0.15) is 0 Å². The van der Waals surface area contributed by atoms with Crippen molar-refractivity contribution in [3.05, 3.63) is 92.1 Å².